The summed E-state index contributed by atoms with van der Waals surface area (Å²) in [5, 5.41) is 5.78. The van der Waals surface area contributed by atoms with Crippen LogP contribution in [0.15, 0.2) is 47.4 Å². The monoisotopic (exact) mass is 410 g/mol. The number of hydrogen-bond donors (Lipinski definition) is 1. The minimum absolute atomic E-state index is 0.00814. The summed E-state index contributed by atoms with van der Waals surface area (Å²) in [6.07, 6.45) is -0.723. The van der Waals surface area contributed by atoms with E-state index in [1.54, 1.807) is 51.2 Å². The van der Waals surface area contributed by atoms with Crippen LogP contribution < -0.4 is 9.88 Å². The number of nitrogens with two attached hydrogens (primary N) is 1. The van der Waals surface area contributed by atoms with E-state index in [1.807, 2.05) is 6.92 Å². The summed E-state index contributed by atoms with van der Waals surface area (Å²) < 4.78 is 28.9. The Morgan fingerprint density at radius 2 is 1.85 bits per heavy atom. The van der Waals surface area contributed by atoms with Crippen molar-refractivity contribution in [3.05, 3.63) is 58.6 Å². The molecule has 146 valence electrons. The lowest BCUT2D eigenvalue weighted by Gasteiger charge is -2.28. The largest absolute Gasteiger partial charge is 0.481 e. The smallest absolute Gasteiger partial charge is 0.263 e. The van der Waals surface area contributed by atoms with Crippen LogP contribution in [0.2, 0.25) is 5.02 Å². The number of primary sulfonamides is 1. The minimum Gasteiger partial charge on any atom is -0.481 e. The summed E-state index contributed by atoms with van der Waals surface area (Å²) in [7, 11) is -2.16. The van der Waals surface area contributed by atoms with Gasteiger partial charge in [0.25, 0.3) is 5.91 Å². The molecule has 0 saturated carbocycles. The van der Waals surface area contributed by atoms with E-state index < -0.39 is 16.1 Å². The van der Waals surface area contributed by atoms with Gasteiger partial charge in [-0.2, -0.15) is 0 Å². The molecule has 2 aromatic carbocycles. The van der Waals surface area contributed by atoms with Crippen molar-refractivity contribution in [3.63, 3.8) is 0 Å². The van der Waals surface area contributed by atoms with Crippen molar-refractivity contribution in [1.82, 2.24) is 4.90 Å². The molecule has 2 N–H and O–H groups in total. The molecule has 6 nitrogen and oxygen atoms in total. The molecule has 0 radical (unpaired) electrons. The lowest BCUT2D eigenvalue weighted by atomic mass is 10.1. The number of amides is 1. The van der Waals surface area contributed by atoms with E-state index in [1.165, 1.54) is 17.0 Å². The molecule has 2 unspecified atom stereocenters. The van der Waals surface area contributed by atoms with Gasteiger partial charge in [0, 0.05) is 12.1 Å². The number of likely N-dealkylation sites (N-methyl/N-ethyl adjacent to an activating group) is 1. The van der Waals surface area contributed by atoms with E-state index in [0.29, 0.717) is 16.3 Å². The number of aryl methyl sites for hydroxylation is 1. The van der Waals surface area contributed by atoms with Crippen molar-refractivity contribution in [2.24, 2.45) is 5.14 Å². The Kier molecular flexibility index (Phi) is 6.51. The van der Waals surface area contributed by atoms with Gasteiger partial charge in [-0.25, -0.2) is 13.6 Å². The molecule has 2 aromatic rings. The van der Waals surface area contributed by atoms with E-state index in [9.17, 15) is 13.2 Å². The van der Waals surface area contributed by atoms with Crippen LogP contribution in [0.25, 0.3) is 0 Å². The average molecular weight is 411 g/mol. The summed E-state index contributed by atoms with van der Waals surface area (Å²) in [6.45, 7) is 5.32. The Bertz CT molecular complexity index is 946. The molecular formula is C19H23ClN2O4S. The summed E-state index contributed by atoms with van der Waals surface area (Å²) in [5.41, 5.74) is 1.49. The maximum absolute atomic E-state index is 12.8. The first-order chi connectivity index (χ1) is 12.5. The first-order valence-corrected chi connectivity index (χ1v) is 10.3. The molecule has 0 bridgehead atoms. The molecule has 0 heterocycles. The maximum Gasteiger partial charge on any atom is 0.263 e. The molecule has 0 aromatic heterocycles. The third-order valence-corrected chi connectivity index (χ3v) is 5.53. The Labute approximate surface area is 164 Å². The van der Waals surface area contributed by atoms with Crippen LogP contribution in [0.5, 0.6) is 5.75 Å². The van der Waals surface area contributed by atoms with Gasteiger partial charge in [0.1, 0.15) is 5.75 Å². The lowest BCUT2D eigenvalue weighted by molar-refractivity contribution is -0.138. The zero-order valence-electron chi connectivity index (χ0n) is 15.6. The van der Waals surface area contributed by atoms with Gasteiger partial charge in [0.15, 0.2) is 6.10 Å². The normalized spacial score (nSPS) is 13.7. The first-order valence-electron chi connectivity index (χ1n) is 8.33. The minimum atomic E-state index is -3.81. The van der Waals surface area contributed by atoms with Crippen molar-refractivity contribution >= 4 is 27.5 Å². The predicted molar refractivity (Wildman–Crippen MR) is 105 cm³/mol. The molecule has 0 aliphatic carbocycles. The van der Waals surface area contributed by atoms with Gasteiger partial charge in [0.05, 0.1) is 10.9 Å². The molecular weight excluding hydrogens is 388 g/mol. The fourth-order valence-electron chi connectivity index (χ4n) is 2.64. The Morgan fingerprint density at radius 3 is 2.44 bits per heavy atom. The number of halogens is 1. The van der Waals surface area contributed by atoms with Crippen LogP contribution in [0.1, 0.15) is 31.0 Å². The third kappa shape index (κ3) is 5.22. The van der Waals surface area contributed by atoms with Crippen molar-refractivity contribution in [1.29, 1.82) is 0 Å². The second-order valence-corrected chi connectivity index (χ2v) is 8.41. The van der Waals surface area contributed by atoms with Crippen LogP contribution in [0.3, 0.4) is 0 Å². The molecule has 0 fully saturated rings. The number of ether oxygens (including phenoxy) is 1. The summed E-state index contributed by atoms with van der Waals surface area (Å²) in [4.78, 5) is 14.3. The van der Waals surface area contributed by atoms with Crippen molar-refractivity contribution in [2.45, 2.75) is 37.8 Å². The highest BCUT2D eigenvalue weighted by molar-refractivity contribution is 7.89. The first kappa shape index (κ1) is 21.2. The third-order valence-electron chi connectivity index (χ3n) is 4.39. The maximum atomic E-state index is 12.8. The molecule has 2 atom stereocenters. The van der Waals surface area contributed by atoms with E-state index >= 15 is 0 Å². The molecule has 1 amide bonds. The number of sulfonamides is 1. The van der Waals surface area contributed by atoms with Crippen molar-refractivity contribution in [3.8, 4) is 5.75 Å². The molecule has 2 rings (SSSR count). The van der Waals surface area contributed by atoms with Crippen LogP contribution >= 0.6 is 11.6 Å². The fourth-order valence-corrected chi connectivity index (χ4v) is 3.43. The zero-order chi connectivity index (χ0) is 20.4. The highest BCUT2D eigenvalue weighted by Crippen LogP contribution is 2.25. The Hall–Kier alpha value is -2.09. The number of carbonyl (C=O) groups excluding carboxylic acids is 1. The van der Waals surface area contributed by atoms with Gasteiger partial charge in [-0.15, -0.1) is 0 Å². The number of benzene rings is 2. The van der Waals surface area contributed by atoms with Gasteiger partial charge < -0.3 is 9.64 Å². The molecule has 0 aliphatic heterocycles. The predicted octanol–water partition coefficient (Wildman–Crippen LogP) is 3.28. The molecule has 0 saturated heterocycles. The highest BCUT2D eigenvalue weighted by atomic mass is 35.5. The van der Waals surface area contributed by atoms with Crippen molar-refractivity contribution in [2.75, 3.05) is 7.05 Å². The second-order valence-electron chi connectivity index (χ2n) is 6.41. The summed E-state index contributed by atoms with van der Waals surface area (Å²) in [6, 6.07) is 11.1. The number of rotatable bonds is 6. The van der Waals surface area contributed by atoms with Gasteiger partial charge in [-0.1, -0.05) is 23.7 Å². The highest BCUT2D eigenvalue weighted by Gasteiger charge is 2.25. The van der Waals surface area contributed by atoms with Crippen LogP contribution in [0.4, 0.5) is 0 Å². The standard InChI is InChI=1S/C19H23ClN2O4S/c1-12-10-16(20)8-9-18(12)26-14(3)19(23)22(4)13(2)15-6-5-7-17(11-15)27(21,24)25/h5-11,13-14H,1-4H3,(H2,21,24,25). The van der Waals surface area contributed by atoms with Gasteiger partial charge in [-0.3, -0.25) is 4.79 Å². The van der Waals surface area contributed by atoms with Crippen LogP contribution in [0, 0.1) is 6.92 Å². The summed E-state index contributed by atoms with van der Waals surface area (Å²) >= 11 is 5.94. The van der Waals surface area contributed by atoms with Gasteiger partial charge in [0.2, 0.25) is 10.0 Å². The quantitative estimate of drug-likeness (QED) is 0.791. The fraction of sp³-hybridized carbons (Fsp3) is 0.316. The van der Waals surface area contributed by atoms with E-state index in [0.717, 1.165) is 5.56 Å². The number of hydrogen-bond acceptors (Lipinski definition) is 4. The molecule has 27 heavy (non-hydrogen) atoms. The second kappa shape index (κ2) is 8.29. The van der Waals surface area contributed by atoms with E-state index in [2.05, 4.69) is 0 Å². The van der Waals surface area contributed by atoms with Crippen molar-refractivity contribution < 1.29 is 17.9 Å². The molecule has 8 heteroatoms. The van der Waals surface area contributed by atoms with Gasteiger partial charge in [-0.05, 0) is 62.2 Å². The summed E-state index contributed by atoms with van der Waals surface area (Å²) in [5.74, 6) is 0.343. The van der Waals surface area contributed by atoms with Crippen LogP contribution in [-0.2, 0) is 14.8 Å². The lowest BCUT2D eigenvalue weighted by Crippen LogP contribution is -2.39. The van der Waals surface area contributed by atoms with E-state index in [-0.39, 0.29) is 16.8 Å². The topological polar surface area (TPSA) is 89.7 Å². The zero-order valence-corrected chi connectivity index (χ0v) is 17.2. The van der Waals surface area contributed by atoms with E-state index in [4.69, 9.17) is 21.5 Å². The van der Waals surface area contributed by atoms with Gasteiger partial charge >= 0.3 is 0 Å². The Morgan fingerprint density at radius 1 is 1.19 bits per heavy atom. The SMILES string of the molecule is Cc1cc(Cl)ccc1OC(C)C(=O)N(C)C(C)c1cccc(S(N)(=O)=O)c1. The number of carbonyl (C=O) groups is 1. The van der Waals surface area contributed by atoms with Crippen LogP contribution in [-0.4, -0.2) is 32.4 Å². The average Bonchev–Trinajstić information content (AvgIpc) is 2.61. The molecule has 0 aliphatic rings. The molecule has 0 spiro atoms. The number of nitrogens with zero attached hydrogens (tertiary/aromatic N) is 1. The Balaban J connectivity index is 2.16.